The number of nitrogens with zero attached hydrogens (tertiary/aromatic N) is 2. The van der Waals surface area contributed by atoms with Crippen LogP contribution in [0.3, 0.4) is 0 Å². The maximum atomic E-state index is 12.8. The number of aryl methyl sites for hydroxylation is 1. The third-order valence-corrected chi connectivity index (χ3v) is 5.95. The molecule has 8 nitrogen and oxygen atoms in total. The van der Waals surface area contributed by atoms with E-state index in [2.05, 4.69) is 20.5 Å². The van der Waals surface area contributed by atoms with Gasteiger partial charge in [0.25, 0.3) is 11.8 Å². The van der Waals surface area contributed by atoms with Gasteiger partial charge in [0.1, 0.15) is 5.69 Å². The molecule has 3 rings (SSSR count). The van der Waals surface area contributed by atoms with Crippen LogP contribution in [0.15, 0.2) is 23.6 Å². The lowest BCUT2D eigenvalue weighted by Crippen LogP contribution is -2.28. The van der Waals surface area contributed by atoms with E-state index in [-0.39, 0.29) is 17.9 Å². The topological polar surface area (TPSA) is 92.8 Å². The maximum absolute atomic E-state index is 12.8. The first kappa shape index (κ1) is 22.2. The van der Waals surface area contributed by atoms with E-state index in [1.165, 1.54) is 11.3 Å². The normalized spacial score (nSPS) is 16.0. The summed E-state index contributed by atoms with van der Waals surface area (Å²) in [6, 6.07) is 5.47. The number of nitrogens with one attached hydrogen (secondary N) is 2. The Morgan fingerprint density at radius 1 is 1.30 bits per heavy atom. The van der Waals surface area contributed by atoms with E-state index in [9.17, 15) is 9.59 Å². The third kappa shape index (κ3) is 5.35. The second kappa shape index (κ2) is 10.5. The van der Waals surface area contributed by atoms with Crippen LogP contribution in [-0.4, -0.2) is 63.4 Å². The number of carbonyl (C=O) groups excluding carboxylic acids is 2. The molecular formula is C21H28N4O4S. The summed E-state index contributed by atoms with van der Waals surface area (Å²) in [5, 5.41) is 8.20. The van der Waals surface area contributed by atoms with E-state index in [1.54, 1.807) is 31.7 Å². The van der Waals surface area contributed by atoms with E-state index in [1.807, 2.05) is 13.0 Å². The molecule has 1 saturated heterocycles. The van der Waals surface area contributed by atoms with Crippen LogP contribution in [0.5, 0.6) is 0 Å². The third-order valence-electron chi connectivity index (χ3n) is 5.05. The molecule has 0 saturated carbocycles. The van der Waals surface area contributed by atoms with Gasteiger partial charge in [0.15, 0.2) is 5.13 Å². The minimum atomic E-state index is -0.338. The highest BCUT2D eigenvalue weighted by molar-refractivity contribution is 7.14. The molecule has 0 bridgehead atoms. The lowest BCUT2D eigenvalue weighted by Gasteiger charge is -2.14. The first-order chi connectivity index (χ1) is 14.5. The standard InChI is InChI=1S/C21H28N4O4S/c1-4-14-5-6-17(16(11-14)19(26)22-8-10-28-2)23-20(27)18-13-30-21(24-18)25-9-7-15(12-25)29-3/h5-6,11,13,15H,4,7-10,12H2,1-3H3,(H,22,26)(H,23,27)/t15-/m0/s1. The Morgan fingerprint density at radius 2 is 2.13 bits per heavy atom. The molecule has 0 unspecified atom stereocenters. The SMILES string of the molecule is CCc1ccc(NC(=O)c2csc(N3CC[C@H](OC)C3)n2)c(C(=O)NCCOC)c1. The molecule has 162 valence electrons. The van der Waals surface area contributed by atoms with Crippen molar-refractivity contribution in [3.05, 3.63) is 40.4 Å². The van der Waals surface area contributed by atoms with Gasteiger partial charge in [-0.1, -0.05) is 13.0 Å². The van der Waals surface area contributed by atoms with Crippen molar-refractivity contribution in [2.45, 2.75) is 25.9 Å². The summed E-state index contributed by atoms with van der Waals surface area (Å²) < 4.78 is 10.4. The number of ether oxygens (including phenoxy) is 2. The predicted octanol–water partition coefficient (Wildman–Crippen LogP) is 2.56. The number of hydrogen-bond donors (Lipinski definition) is 2. The molecule has 1 fully saturated rings. The van der Waals surface area contributed by atoms with Crippen molar-refractivity contribution >= 4 is 34.0 Å². The number of thiazole rings is 1. The molecule has 2 aromatic rings. The summed E-state index contributed by atoms with van der Waals surface area (Å²) in [7, 11) is 3.29. The number of amides is 2. The quantitative estimate of drug-likeness (QED) is 0.592. The van der Waals surface area contributed by atoms with Crippen LogP contribution in [0.4, 0.5) is 10.8 Å². The van der Waals surface area contributed by atoms with Crippen LogP contribution in [-0.2, 0) is 15.9 Å². The summed E-state index contributed by atoms with van der Waals surface area (Å²) in [6.07, 6.45) is 1.94. The molecule has 1 aliphatic heterocycles. The number of rotatable bonds is 9. The van der Waals surface area contributed by atoms with E-state index >= 15 is 0 Å². The highest BCUT2D eigenvalue weighted by Crippen LogP contribution is 2.26. The van der Waals surface area contributed by atoms with E-state index in [0.717, 1.165) is 36.6 Å². The van der Waals surface area contributed by atoms with Gasteiger partial charge >= 0.3 is 0 Å². The molecule has 30 heavy (non-hydrogen) atoms. The van der Waals surface area contributed by atoms with E-state index < -0.39 is 0 Å². The molecule has 1 aliphatic rings. The van der Waals surface area contributed by atoms with Crippen molar-refractivity contribution in [1.29, 1.82) is 0 Å². The average molecular weight is 433 g/mol. The zero-order chi connectivity index (χ0) is 21.5. The maximum Gasteiger partial charge on any atom is 0.275 e. The number of benzene rings is 1. The molecule has 2 amide bonds. The summed E-state index contributed by atoms with van der Waals surface area (Å²) in [5.41, 5.74) is 2.24. The number of aromatic nitrogens is 1. The fraction of sp³-hybridized carbons (Fsp3) is 0.476. The first-order valence-electron chi connectivity index (χ1n) is 10.00. The number of methoxy groups -OCH3 is 2. The van der Waals surface area contributed by atoms with Crippen LogP contribution in [0.25, 0.3) is 0 Å². The Bertz CT molecular complexity index is 886. The fourth-order valence-electron chi connectivity index (χ4n) is 3.26. The summed E-state index contributed by atoms with van der Waals surface area (Å²) in [5.74, 6) is -0.588. The summed E-state index contributed by atoms with van der Waals surface area (Å²) in [4.78, 5) is 32.0. The van der Waals surface area contributed by atoms with Gasteiger partial charge in [0.05, 0.1) is 24.0 Å². The summed E-state index contributed by atoms with van der Waals surface area (Å²) >= 11 is 1.43. The molecule has 1 aromatic carbocycles. The Balaban J connectivity index is 1.72. The van der Waals surface area contributed by atoms with Crippen LogP contribution in [0, 0.1) is 0 Å². The van der Waals surface area contributed by atoms with E-state index in [0.29, 0.717) is 30.1 Å². The minimum absolute atomic E-state index is 0.197. The molecule has 0 radical (unpaired) electrons. The highest BCUT2D eigenvalue weighted by Gasteiger charge is 2.25. The van der Waals surface area contributed by atoms with Crippen molar-refractivity contribution in [2.24, 2.45) is 0 Å². The van der Waals surface area contributed by atoms with Crippen LogP contribution in [0.1, 0.15) is 39.8 Å². The molecule has 0 aliphatic carbocycles. The van der Waals surface area contributed by atoms with Gasteiger partial charge in [-0.05, 0) is 30.5 Å². The Kier molecular flexibility index (Phi) is 7.78. The van der Waals surface area contributed by atoms with Crippen LogP contribution < -0.4 is 15.5 Å². The van der Waals surface area contributed by atoms with Crippen LogP contribution in [0.2, 0.25) is 0 Å². The lowest BCUT2D eigenvalue weighted by atomic mass is 10.1. The van der Waals surface area contributed by atoms with Gasteiger partial charge in [-0.2, -0.15) is 0 Å². The second-order valence-corrected chi connectivity index (χ2v) is 7.88. The smallest absolute Gasteiger partial charge is 0.275 e. The zero-order valence-corrected chi connectivity index (χ0v) is 18.4. The summed E-state index contributed by atoms with van der Waals surface area (Å²) in [6.45, 7) is 4.46. The van der Waals surface area contributed by atoms with Crippen molar-refractivity contribution in [3.8, 4) is 0 Å². The van der Waals surface area contributed by atoms with Crippen molar-refractivity contribution in [3.63, 3.8) is 0 Å². The minimum Gasteiger partial charge on any atom is -0.383 e. The van der Waals surface area contributed by atoms with Gasteiger partial charge in [0.2, 0.25) is 0 Å². The van der Waals surface area contributed by atoms with Gasteiger partial charge in [-0.25, -0.2) is 4.98 Å². The monoisotopic (exact) mass is 432 g/mol. The predicted molar refractivity (Wildman–Crippen MR) is 118 cm³/mol. The number of carbonyl (C=O) groups is 2. The highest BCUT2D eigenvalue weighted by atomic mass is 32.1. The Hall–Kier alpha value is -2.49. The Labute approximate surface area is 180 Å². The van der Waals surface area contributed by atoms with Gasteiger partial charge in [-0.3, -0.25) is 9.59 Å². The van der Waals surface area contributed by atoms with Crippen molar-refractivity contribution in [2.75, 3.05) is 50.7 Å². The number of anilines is 2. The molecule has 1 aromatic heterocycles. The fourth-order valence-corrected chi connectivity index (χ4v) is 4.11. The molecule has 2 N–H and O–H groups in total. The Morgan fingerprint density at radius 3 is 2.83 bits per heavy atom. The zero-order valence-electron chi connectivity index (χ0n) is 17.6. The number of hydrogen-bond acceptors (Lipinski definition) is 7. The van der Waals surface area contributed by atoms with Gasteiger partial charge < -0.3 is 25.0 Å². The lowest BCUT2D eigenvalue weighted by molar-refractivity contribution is 0.0938. The largest absolute Gasteiger partial charge is 0.383 e. The first-order valence-corrected chi connectivity index (χ1v) is 10.9. The average Bonchev–Trinajstić information content (AvgIpc) is 3.43. The molecular weight excluding hydrogens is 404 g/mol. The molecule has 1 atom stereocenters. The van der Waals surface area contributed by atoms with E-state index in [4.69, 9.17) is 9.47 Å². The van der Waals surface area contributed by atoms with Crippen LogP contribution >= 0.6 is 11.3 Å². The molecule has 0 spiro atoms. The van der Waals surface area contributed by atoms with Gasteiger partial charge in [0, 0.05) is 39.2 Å². The van der Waals surface area contributed by atoms with Crippen molar-refractivity contribution < 1.29 is 19.1 Å². The van der Waals surface area contributed by atoms with Crippen molar-refractivity contribution in [1.82, 2.24) is 10.3 Å². The molecule has 9 heteroatoms. The molecule has 2 heterocycles. The van der Waals surface area contributed by atoms with Gasteiger partial charge in [-0.15, -0.1) is 11.3 Å². The second-order valence-electron chi connectivity index (χ2n) is 7.04.